The number of hydrogen-bond donors (Lipinski definition) is 0. The monoisotopic (exact) mass is 212 g/mol. The van der Waals surface area contributed by atoms with Crippen LogP contribution in [0.5, 0.6) is 0 Å². The fourth-order valence-corrected chi connectivity index (χ4v) is 1.73. The average Bonchev–Trinajstić information content (AvgIpc) is 2.37. The summed E-state index contributed by atoms with van der Waals surface area (Å²) in [6.07, 6.45) is 8.16. The molecule has 0 radical (unpaired) electrons. The van der Waals surface area contributed by atoms with Gasteiger partial charge in [-0.1, -0.05) is 42.2 Å². The van der Waals surface area contributed by atoms with E-state index in [1.807, 2.05) is 30.3 Å². The van der Waals surface area contributed by atoms with E-state index >= 15 is 0 Å². The smallest absolute Gasteiger partial charge is 0.108 e. The minimum atomic E-state index is 0.277. The summed E-state index contributed by atoms with van der Waals surface area (Å²) >= 11 is 0. The van der Waals surface area contributed by atoms with Gasteiger partial charge in [-0.05, 0) is 31.4 Å². The molecule has 1 aliphatic carbocycles. The summed E-state index contributed by atoms with van der Waals surface area (Å²) in [4.78, 5) is 0. The normalized spacial score (nSPS) is 18.9. The minimum absolute atomic E-state index is 0.277. The molecule has 1 nitrogen and oxygen atoms in total. The quantitative estimate of drug-likeness (QED) is 0.540. The van der Waals surface area contributed by atoms with Gasteiger partial charge in [-0.15, -0.1) is 0 Å². The molecule has 0 heterocycles. The second-order valence-electron chi connectivity index (χ2n) is 3.88. The first-order chi connectivity index (χ1) is 7.95. The van der Waals surface area contributed by atoms with Crippen molar-refractivity contribution >= 4 is 0 Å². The lowest BCUT2D eigenvalue weighted by Crippen LogP contribution is -2.12. The second kappa shape index (κ2) is 6.15. The van der Waals surface area contributed by atoms with E-state index in [2.05, 4.69) is 24.0 Å². The van der Waals surface area contributed by atoms with Crippen molar-refractivity contribution in [3.05, 3.63) is 48.0 Å². The molecule has 1 atom stereocenters. The van der Waals surface area contributed by atoms with Crippen molar-refractivity contribution < 1.29 is 4.74 Å². The summed E-state index contributed by atoms with van der Waals surface area (Å²) < 4.78 is 5.64. The van der Waals surface area contributed by atoms with E-state index in [-0.39, 0.29) is 6.10 Å². The van der Waals surface area contributed by atoms with Gasteiger partial charge in [0.05, 0.1) is 6.10 Å². The van der Waals surface area contributed by atoms with Gasteiger partial charge in [-0.25, -0.2) is 0 Å². The number of rotatable bonds is 2. The molecule has 16 heavy (non-hydrogen) atoms. The SMILES string of the molecule is C(#Cc1ccccc1)CO[C@@H]1C=CCCC1. The standard InChI is InChI=1S/C15H16O/c1-3-8-14(9-4-1)10-7-13-16-15-11-5-2-6-12-15/h1,3-5,8-9,11,15H,2,6,12-13H2/t15-/m1/s1. The Kier molecular flexibility index (Phi) is 4.22. The fraction of sp³-hybridized carbons (Fsp3) is 0.333. The second-order valence-corrected chi connectivity index (χ2v) is 3.88. The van der Waals surface area contributed by atoms with E-state index in [1.54, 1.807) is 0 Å². The van der Waals surface area contributed by atoms with Crippen LogP contribution in [0.15, 0.2) is 42.5 Å². The largest absolute Gasteiger partial charge is 0.361 e. The molecule has 0 spiro atoms. The first kappa shape index (κ1) is 11.0. The molecular formula is C15H16O. The Morgan fingerprint density at radius 3 is 2.88 bits per heavy atom. The van der Waals surface area contributed by atoms with E-state index < -0.39 is 0 Å². The Labute approximate surface area is 97.1 Å². The van der Waals surface area contributed by atoms with Crippen molar-refractivity contribution in [3.63, 3.8) is 0 Å². The third-order valence-corrected chi connectivity index (χ3v) is 2.59. The first-order valence-corrected chi connectivity index (χ1v) is 5.77. The van der Waals surface area contributed by atoms with Crippen molar-refractivity contribution in [1.29, 1.82) is 0 Å². The number of ether oxygens (including phenoxy) is 1. The molecule has 82 valence electrons. The maximum Gasteiger partial charge on any atom is 0.108 e. The number of benzene rings is 1. The van der Waals surface area contributed by atoms with Crippen LogP contribution in [0.25, 0.3) is 0 Å². The minimum Gasteiger partial charge on any atom is -0.361 e. The molecule has 0 saturated heterocycles. The van der Waals surface area contributed by atoms with Crippen LogP contribution >= 0.6 is 0 Å². The van der Waals surface area contributed by atoms with E-state index in [9.17, 15) is 0 Å². The first-order valence-electron chi connectivity index (χ1n) is 5.77. The van der Waals surface area contributed by atoms with E-state index in [4.69, 9.17) is 4.74 Å². The lowest BCUT2D eigenvalue weighted by atomic mass is 10.1. The molecule has 0 fully saturated rings. The fourth-order valence-electron chi connectivity index (χ4n) is 1.73. The molecule has 1 heteroatoms. The zero-order valence-electron chi connectivity index (χ0n) is 9.36. The molecule has 0 unspecified atom stereocenters. The molecule has 0 N–H and O–H groups in total. The summed E-state index contributed by atoms with van der Waals surface area (Å²) in [5, 5.41) is 0. The Bertz CT molecular complexity index is 394. The number of allylic oxidation sites excluding steroid dienone is 1. The van der Waals surface area contributed by atoms with Crippen molar-refractivity contribution in [2.45, 2.75) is 25.4 Å². The zero-order valence-corrected chi connectivity index (χ0v) is 9.36. The van der Waals surface area contributed by atoms with Gasteiger partial charge < -0.3 is 4.74 Å². The third-order valence-electron chi connectivity index (χ3n) is 2.59. The van der Waals surface area contributed by atoms with Gasteiger partial charge >= 0.3 is 0 Å². The summed E-state index contributed by atoms with van der Waals surface area (Å²) in [5.74, 6) is 6.13. The molecule has 0 amide bonds. The molecular weight excluding hydrogens is 196 g/mol. The van der Waals surface area contributed by atoms with Gasteiger partial charge in [-0.2, -0.15) is 0 Å². The summed E-state index contributed by atoms with van der Waals surface area (Å²) in [5.41, 5.74) is 1.05. The maximum absolute atomic E-state index is 5.64. The molecule has 2 rings (SSSR count). The van der Waals surface area contributed by atoms with E-state index in [1.165, 1.54) is 12.8 Å². The number of hydrogen-bond acceptors (Lipinski definition) is 1. The zero-order chi connectivity index (χ0) is 11.1. The maximum atomic E-state index is 5.64. The lowest BCUT2D eigenvalue weighted by molar-refractivity contribution is 0.102. The highest BCUT2D eigenvalue weighted by atomic mass is 16.5. The summed E-state index contributed by atoms with van der Waals surface area (Å²) in [6, 6.07) is 10.00. The summed E-state index contributed by atoms with van der Waals surface area (Å²) in [7, 11) is 0. The molecule has 1 aliphatic rings. The van der Waals surface area contributed by atoms with E-state index in [0.717, 1.165) is 12.0 Å². The van der Waals surface area contributed by atoms with Crippen LogP contribution in [0.2, 0.25) is 0 Å². The molecule has 0 bridgehead atoms. The Balaban J connectivity index is 1.77. The van der Waals surface area contributed by atoms with Gasteiger partial charge in [0.2, 0.25) is 0 Å². The average molecular weight is 212 g/mol. The lowest BCUT2D eigenvalue weighted by Gasteiger charge is -2.14. The van der Waals surface area contributed by atoms with Gasteiger partial charge in [0.1, 0.15) is 6.61 Å². The third kappa shape index (κ3) is 3.56. The van der Waals surface area contributed by atoms with Crippen LogP contribution in [0, 0.1) is 11.8 Å². The van der Waals surface area contributed by atoms with Crippen LogP contribution in [0.1, 0.15) is 24.8 Å². The van der Waals surface area contributed by atoms with Gasteiger partial charge in [0.25, 0.3) is 0 Å². The Hall–Kier alpha value is -1.52. The van der Waals surface area contributed by atoms with Gasteiger partial charge in [0, 0.05) is 5.56 Å². The highest BCUT2D eigenvalue weighted by Gasteiger charge is 2.06. The molecule has 1 aromatic rings. The van der Waals surface area contributed by atoms with E-state index in [0.29, 0.717) is 6.61 Å². The van der Waals surface area contributed by atoms with Gasteiger partial charge in [0.15, 0.2) is 0 Å². The molecule has 0 aliphatic heterocycles. The molecule has 1 aromatic carbocycles. The van der Waals surface area contributed by atoms with Gasteiger partial charge in [-0.3, -0.25) is 0 Å². The topological polar surface area (TPSA) is 9.23 Å². The van der Waals surface area contributed by atoms with Crippen LogP contribution in [0.3, 0.4) is 0 Å². The molecule has 0 saturated carbocycles. The van der Waals surface area contributed by atoms with Crippen molar-refractivity contribution in [1.82, 2.24) is 0 Å². The predicted octanol–water partition coefficient (Wildman–Crippen LogP) is 3.16. The van der Waals surface area contributed by atoms with Crippen LogP contribution in [0.4, 0.5) is 0 Å². The molecule has 0 aromatic heterocycles. The van der Waals surface area contributed by atoms with Crippen molar-refractivity contribution in [2.24, 2.45) is 0 Å². The van der Waals surface area contributed by atoms with Crippen molar-refractivity contribution in [2.75, 3.05) is 6.61 Å². The highest BCUT2D eigenvalue weighted by Crippen LogP contribution is 2.12. The highest BCUT2D eigenvalue weighted by molar-refractivity contribution is 5.33. The van der Waals surface area contributed by atoms with Crippen LogP contribution in [-0.4, -0.2) is 12.7 Å². The summed E-state index contributed by atoms with van der Waals surface area (Å²) in [6.45, 7) is 0.518. The van der Waals surface area contributed by atoms with Crippen LogP contribution < -0.4 is 0 Å². The Morgan fingerprint density at radius 2 is 2.12 bits per heavy atom. The van der Waals surface area contributed by atoms with Crippen molar-refractivity contribution in [3.8, 4) is 11.8 Å². The predicted molar refractivity (Wildman–Crippen MR) is 66.1 cm³/mol. The van der Waals surface area contributed by atoms with Crippen LogP contribution in [-0.2, 0) is 4.74 Å². The Morgan fingerprint density at radius 1 is 1.25 bits per heavy atom.